The normalized spacial score (nSPS) is 20.0. The Morgan fingerprint density at radius 2 is 1.52 bits per heavy atom. The van der Waals surface area contributed by atoms with Gasteiger partial charge in [0.15, 0.2) is 0 Å². The van der Waals surface area contributed by atoms with Crippen molar-refractivity contribution in [3.63, 3.8) is 0 Å². The Hall–Kier alpha value is -1.84. The van der Waals surface area contributed by atoms with Crippen molar-refractivity contribution in [1.82, 2.24) is 0 Å². The summed E-state index contributed by atoms with van der Waals surface area (Å²) in [5.74, 6) is -1.01. The maximum atomic E-state index is 14.7. The SMILES string of the molecule is Cc1ccc(-c2c(F)cc(C3CCC(CCCCF)CC3)cc2F)cc1F. The van der Waals surface area contributed by atoms with Crippen molar-refractivity contribution in [3.8, 4) is 11.1 Å². The highest BCUT2D eigenvalue weighted by Crippen LogP contribution is 2.39. The molecular formula is C23H26F4. The van der Waals surface area contributed by atoms with Gasteiger partial charge in [0.25, 0.3) is 0 Å². The Balaban J connectivity index is 1.73. The lowest BCUT2D eigenvalue weighted by atomic mass is 9.77. The molecule has 1 saturated carbocycles. The van der Waals surface area contributed by atoms with Gasteiger partial charge in [-0.3, -0.25) is 4.39 Å². The van der Waals surface area contributed by atoms with Crippen LogP contribution in [0.15, 0.2) is 30.3 Å². The van der Waals surface area contributed by atoms with Crippen LogP contribution in [0.3, 0.4) is 0 Å². The molecule has 1 fully saturated rings. The van der Waals surface area contributed by atoms with Gasteiger partial charge < -0.3 is 0 Å². The van der Waals surface area contributed by atoms with Gasteiger partial charge in [-0.15, -0.1) is 0 Å². The third-order valence-corrected chi connectivity index (χ3v) is 5.84. The van der Waals surface area contributed by atoms with Crippen LogP contribution in [0.25, 0.3) is 11.1 Å². The van der Waals surface area contributed by atoms with Gasteiger partial charge in [-0.1, -0.05) is 25.0 Å². The summed E-state index contributed by atoms with van der Waals surface area (Å²) in [6.45, 7) is 1.36. The van der Waals surface area contributed by atoms with Crippen molar-refractivity contribution in [2.24, 2.45) is 5.92 Å². The first-order valence-electron chi connectivity index (χ1n) is 9.81. The van der Waals surface area contributed by atoms with E-state index in [9.17, 15) is 17.6 Å². The minimum absolute atomic E-state index is 0.148. The van der Waals surface area contributed by atoms with Crippen molar-refractivity contribution in [2.45, 2.75) is 57.8 Å². The molecule has 0 radical (unpaired) electrons. The van der Waals surface area contributed by atoms with E-state index in [-0.39, 0.29) is 23.7 Å². The van der Waals surface area contributed by atoms with Crippen molar-refractivity contribution in [2.75, 3.05) is 6.67 Å². The molecule has 0 heterocycles. The van der Waals surface area contributed by atoms with E-state index in [0.717, 1.165) is 38.5 Å². The van der Waals surface area contributed by atoms with Crippen LogP contribution in [0.2, 0.25) is 0 Å². The minimum Gasteiger partial charge on any atom is -0.251 e. The van der Waals surface area contributed by atoms with Crippen molar-refractivity contribution in [1.29, 1.82) is 0 Å². The lowest BCUT2D eigenvalue weighted by Gasteiger charge is -2.29. The zero-order valence-electron chi connectivity index (χ0n) is 15.7. The molecule has 3 rings (SSSR count). The zero-order chi connectivity index (χ0) is 19.4. The lowest BCUT2D eigenvalue weighted by molar-refractivity contribution is 0.297. The number of aryl methyl sites for hydroxylation is 1. The summed E-state index contributed by atoms with van der Waals surface area (Å²) in [6, 6.07) is 7.07. The Morgan fingerprint density at radius 3 is 2.11 bits per heavy atom. The summed E-state index contributed by atoms with van der Waals surface area (Å²) >= 11 is 0. The lowest BCUT2D eigenvalue weighted by Crippen LogP contribution is -2.14. The molecule has 0 N–H and O–H groups in total. The second-order valence-electron chi connectivity index (χ2n) is 7.73. The molecule has 2 aromatic carbocycles. The van der Waals surface area contributed by atoms with Gasteiger partial charge in [-0.05, 0) is 85.8 Å². The summed E-state index contributed by atoms with van der Waals surface area (Å²) in [6.07, 6.45) is 6.41. The molecule has 0 aromatic heterocycles. The van der Waals surface area contributed by atoms with Crippen LogP contribution in [-0.4, -0.2) is 6.67 Å². The summed E-state index contributed by atoms with van der Waals surface area (Å²) in [5.41, 5.74) is 1.18. The maximum absolute atomic E-state index is 14.7. The van der Waals surface area contributed by atoms with Crippen LogP contribution in [0.5, 0.6) is 0 Å². The Labute approximate surface area is 158 Å². The van der Waals surface area contributed by atoms with E-state index in [1.54, 1.807) is 13.0 Å². The predicted molar refractivity (Wildman–Crippen MR) is 101 cm³/mol. The fourth-order valence-electron chi connectivity index (χ4n) is 4.16. The Bertz CT molecular complexity index is 753. The number of hydrogen-bond donors (Lipinski definition) is 0. The van der Waals surface area contributed by atoms with Crippen molar-refractivity contribution in [3.05, 3.63) is 58.9 Å². The standard InChI is InChI=1S/C23H26F4/c1-15-5-8-18(12-20(15)25)23-21(26)13-19(14-22(23)27)17-9-6-16(7-10-17)4-2-3-11-24/h5,8,12-14,16-17H,2-4,6-7,9-11H2,1H3. The highest BCUT2D eigenvalue weighted by atomic mass is 19.1. The summed E-state index contributed by atoms with van der Waals surface area (Å²) < 4.78 is 55.3. The van der Waals surface area contributed by atoms with Crippen LogP contribution in [0.1, 0.15) is 62.0 Å². The Kier molecular flexibility index (Phi) is 6.56. The fraction of sp³-hybridized carbons (Fsp3) is 0.478. The van der Waals surface area contributed by atoms with Crippen LogP contribution in [0.4, 0.5) is 17.6 Å². The molecule has 0 nitrogen and oxygen atoms in total. The molecular weight excluding hydrogens is 352 g/mol. The largest absolute Gasteiger partial charge is 0.251 e. The smallest absolute Gasteiger partial charge is 0.134 e. The number of alkyl halides is 1. The van der Waals surface area contributed by atoms with E-state index in [0.29, 0.717) is 23.5 Å². The van der Waals surface area contributed by atoms with E-state index >= 15 is 0 Å². The summed E-state index contributed by atoms with van der Waals surface area (Å²) in [5, 5.41) is 0. The summed E-state index contributed by atoms with van der Waals surface area (Å²) in [7, 11) is 0. The van der Waals surface area contributed by atoms with E-state index in [1.165, 1.54) is 24.3 Å². The molecule has 0 amide bonds. The predicted octanol–water partition coefficient (Wildman–Crippen LogP) is 7.49. The van der Waals surface area contributed by atoms with Gasteiger partial charge in [0.2, 0.25) is 0 Å². The van der Waals surface area contributed by atoms with Gasteiger partial charge in [-0.25, -0.2) is 13.2 Å². The summed E-state index contributed by atoms with van der Waals surface area (Å²) in [4.78, 5) is 0. The molecule has 0 atom stereocenters. The van der Waals surface area contributed by atoms with Crippen LogP contribution >= 0.6 is 0 Å². The zero-order valence-corrected chi connectivity index (χ0v) is 15.7. The molecule has 27 heavy (non-hydrogen) atoms. The molecule has 2 aromatic rings. The highest BCUT2D eigenvalue weighted by molar-refractivity contribution is 5.66. The Morgan fingerprint density at radius 1 is 0.852 bits per heavy atom. The van der Waals surface area contributed by atoms with Gasteiger partial charge >= 0.3 is 0 Å². The van der Waals surface area contributed by atoms with Gasteiger partial charge in [0.1, 0.15) is 17.5 Å². The van der Waals surface area contributed by atoms with Crippen LogP contribution in [-0.2, 0) is 0 Å². The van der Waals surface area contributed by atoms with Crippen LogP contribution in [0, 0.1) is 30.3 Å². The molecule has 0 bridgehead atoms. The fourth-order valence-corrected chi connectivity index (χ4v) is 4.16. The number of rotatable bonds is 6. The first-order chi connectivity index (χ1) is 13.0. The second-order valence-corrected chi connectivity index (χ2v) is 7.73. The number of hydrogen-bond acceptors (Lipinski definition) is 0. The molecule has 0 unspecified atom stereocenters. The van der Waals surface area contributed by atoms with E-state index in [4.69, 9.17) is 0 Å². The number of unbranched alkanes of at least 4 members (excludes halogenated alkanes) is 1. The average Bonchev–Trinajstić information content (AvgIpc) is 2.65. The van der Waals surface area contributed by atoms with Gasteiger partial charge in [-0.2, -0.15) is 0 Å². The highest BCUT2D eigenvalue weighted by Gasteiger charge is 2.24. The van der Waals surface area contributed by atoms with E-state index < -0.39 is 17.5 Å². The van der Waals surface area contributed by atoms with Crippen molar-refractivity contribution >= 4 is 0 Å². The van der Waals surface area contributed by atoms with E-state index in [1.807, 2.05) is 0 Å². The van der Waals surface area contributed by atoms with Gasteiger partial charge in [0.05, 0.1) is 12.2 Å². The number of benzene rings is 2. The third-order valence-electron chi connectivity index (χ3n) is 5.84. The van der Waals surface area contributed by atoms with E-state index in [2.05, 4.69) is 0 Å². The molecule has 0 spiro atoms. The maximum Gasteiger partial charge on any atom is 0.134 e. The molecule has 1 aliphatic carbocycles. The van der Waals surface area contributed by atoms with Gasteiger partial charge in [0, 0.05) is 0 Å². The quantitative estimate of drug-likeness (QED) is 0.361. The second kappa shape index (κ2) is 8.90. The monoisotopic (exact) mass is 378 g/mol. The molecule has 0 saturated heterocycles. The first kappa shape index (κ1) is 19.9. The average molecular weight is 378 g/mol. The topological polar surface area (TPSA) is 0 Å². The van der Waals surface area contributed by atoms with Crippen LogP contribution < -0.4 is 0 Å². The third kappa shape index (κ3) is 4.72. The van der Waals surface area contributed by atoms with Crippen molar-refractivity contribution < 1.29 is 17.6 Å². The first-order valence-corrected chi connectivity index (χ1v) is 9.81. The molecule has 146 valence electrons. The molecule has 1 aliphatic rings. The number of halogens is 4. The molecule has 4 heteroatoms. The molecule has 0 aliphatic heterocycles. The minimum atomic E-state index is -0.640.